The molecule has 0 aliphatic heterocycles. The molecule has 0 saturated heterocycles. The topological polar surface area (TPSA) is 70.4 Å². The quantitative estimate of drug-likeness (QED) is 0.511. The summed E-state index contributed by atoms with van der Waals surface area (Å²) in [6.07, 6.45) is 0. The van der Waals surface area contributed by atoms with Gasteiger partial charge in [0.15, 0.2) is 0 Å². The number of halogens is 1. The van der Waals surface area contributed by atoms with Gasteiger partial charge in [0.1, 0.15) is 16.3 Å². The van der Waals surface area contributed by atoms with Crippen molar-refractivity contribution in [3.8, 4) is 0 Å². The summed E-state index contributed by atoms with van der Waals surface area (Å²) in [6, 6.07) is 7.29. The van der Waals surface area contributed by atoms with Gasteiger partial charge in [-0.15, -0.1) is 22.9 Å². The summed E-state index contributed by atoms with van der Waals surface area (Å²) in [5.41, 5.74) is 0.467. The van der Waals surface area contributed by atoms with Crippen LogP contribution in [0.25, 0.3) is 15.8 Å². The Bertz CT molecular complexity index is 573. The Hall–Kier alpha value is -1.59. The highest BCUT2D eigenvalue weighted by Gasteiger charge is 2.20. The molecule has 1 heterocycles. The number of carboxylic acid groups (broad SMARTS) is 1. The number of aliphatic hydroxyl groups excluding tert-OH is 1. The number of para-hydroxylation sites is 1. The highest BCUT2D eigenvalue weighted by molar-refractivity contribution is 7.19. The molecule has 0 bridgehead atoms. The zero-order chi connectivity index (χ0) is 12.4. The van der Waals surface area contributed by atoms with Crippen molar-refractivity contribution in [3.05, 3.63) is 35.0 Å². The second-order valence-corrected chi connectivity index (χ2v) is 4.55. The first kappa shape index (κ1) is 11.9. The molecule has 1 aromatic carbocycles. The lowest BCUT2D eigenvalue weighted by Crippen LogP contribution is -2.04. The molecular formula is C11H8ClNO3S. The van der Waals surface area contributed by atoms with Gasteiger partial charge in [-0.05, 0) is 12.1 Å². The maximum atomic E-state index is 11.1. The predicted molar refractivity (Wildman–Crippen MR) is 67.5 cm³/mol. The molecule has 1 aromatic heterocycles. The van der Waals surface area contributed by atoms with E-state index in [9.17, 15) is 9.90 Å². The molecule has 0 aliphatic carbocycles. The Morgan fingerprint density at radius 1 is 1.35 bits per heavy atom. The van der Waals surface area contributed by atoms with Gasteiger partial charge >= 0.3 is 5.97 Å². The van der Waals surface area contributed by atoms with Crippen molar-refractivity contribution in [1.82, 2.24) is 4.98 Å². The summed E-state index contributed by atoms with van der Waals surface area (Å²) in [5, 5.41) is 18.8. The van der Waals surface area contributed by atoms with E-state index < -0.39 is 5.97 Å². The van der Waals surface area contributed by atoms with Crippen molar-refractivity contribution in [2.75, 3.05) is 5.88 Å². The van der Waals surface area contributed by atoms with E-state index in [4.69, 9.17) is 16.7 Å². The summed E-state index contributed by atoms with van der Waals surface area (Å²) in [7, 11) is 0. The van der Waals surface area contributed by atoms with Crippen molar-refractivity contribution in [2.45, 2.75) is 0 Å². The number of alkyl halides is 1. The standard InChI is InChI=1S/C11H8ClNO3S/c12-5-7(14)9(11(15)16)10-13-6-3-1-2-4-8(6)17-10/h1-4,14H,5H2,(H,15,16)/b9-7+. The normalized spacial score (nSPS) is 12.5. The van der Waals surface area contributed by atoms with Gasteiger partial charge in [0, 0.05) is 0 Å². The summed E-state index contributed by atoms with van der Waals surface area (Å²) in [5.74, 6) is -1.86. The first-order chi connectivity index (χ1) is 8.13. The molecule has 0 fully saturated rings. The lowest BCUT2D eigenvalue weighted by molar-refractivity contribution is -0.130. The van der Waals surface area contributed by atoms with Gasteiger partial charge in [0.05, 0.1) is 16.1 Å². The maximum Gasteiger partial charge on any atom is 0.342 e. The van der Waals surface area contributed by atoms with Crippen LogP contribution in [-0.4, -0.2) is 27.0 Å². The molecule has 2 N–H and O–H groups in total. The van der Waals surface area contributed by atoms with Gasteiger partial charge in [0.2, 0.25) is 0 Å². The number of aliphatic carboxylic acids is 1. The van der Waals surface area contributed by atoms with Crippen LogP contribution >= 0.6 is 22.9 Å². The number of carbonyl (C=O) groups is 1. The molecule has 0 unspecified atom stereocenters. The van der Waals surface area contributed by atoms with Gasteiger partial charge in [0.25, 0.3) is 0 Å². The second-order valence-electron chi connectivity index (χ2n) is 3.25. The monoisotopic (exact) mass is 269 g/mol. The molecule has 88 valence electrons. The van der Waals surface area contributed by atoms with E-state index in [1.807, 2.05) is 18.2 Å². The molecule has 2 rings (SSSR count). The van der Waals surface area contributed by atoms with Crippen LogP contribution in [0.15, 0.2) is 30.0 Å². The van der Waals surface area contributed by atoms with Crippen LogP contribution in [0.2, 0.25) is 0 Å². The minimum atomic E-state index is -1.23. The number of aromatic nitrogens is 1. The van der Waals surface area contributed by atoms with Crippen LogP contribution in [0.5, 0.6) is 0 Å². The van der Waals surface area contributed by atoms with E-state index in [2.05, 4.69) is 4.98 Å². The summed E-state index contributed by atoms with van der Waals surface area (Å²) >= 11 is 6.65. The number of nitrogens with zero attached hydrogens (tertiary/aromatic N) is 1. The van der Waals surface area contributed by atoms with Crippen LogP contribution in [0.1, 0.15) is 5.01 Å². The first-order valence-electron chi connectivity index (χ1n) is 4.70. The molecule has 2 aromatic rings. The smallest absolute Gasteiger partial charge is 0.342 e. The van der Waals surface area contributed by atoms with Crippen LogP contribution in [-0.2, 0) is 4.79 Å². The fraction of sp³-hybridized carbons (Fsp3) is 0.0909. The number of hydrogen-bond donors (Lipinski definition) is 2. The summed E-state index contributed by atoms with van der Waals surface area (Å²) in [6.45, 7) is 0. The van der Waals surface area contributed by atoms with Crippen molar-refractivity contribution in [2.24, 2.45) is 0 Å². The molecule has 0 aliphatic rings. The Morgan fingerprint density at radius 2 is 2.06 bits per heavy atom. The molecule has 4 nitrogen and oxygen atoms in total. The maximum absolute atomic E-state index is 11.1. The van der Waals surface area contributed by atoms with Crippen LogP contribution in [0.3, 0.4) is 0 Å². The number of hydrogen-bond acceptors (Lipinski definition) is 4. The third-order valence-corrected chi connectivity index (χ3v) is 3.44. The van der Waals surface area contributed by atoms with Crippen molar-refractivity contribution in [1.29, 1.82) is 0 Å². The van der Waals surface area contributed by atoms with E-state index in [-0.39, 0.29) is 22.2 Å². The van der Waals surface area contributed by atoms with Gasteiger partial charge < -0.3 is 10.2 Å². The number of rotatable bonds is 3. The van der Waals surface area contributed by atoms with Gasteiger partial charge in [-0.3, -0.25) is 0 Å². The SMILES string of the molecule is O=C(O)/C(=C(/O)CCl)c1nc2ccccc2s1. The first-order valence-corrected chi connectivity index (χ1v) is 6.06. The molecule has 0 saturated carbocycles. The minimum Gasteiger partial charge on any atom is -0.510 e. The number of aliphatic hydroxyl groups is 1. The van der Waals surface area contributed by atoms with Gasteiger partial charge in [-0.1, -0.05) is 12.1 Å². The van der Waals surface area contributed by atoms with Crippen LogP contribution < -0.4 is 0 Å². The van der Waals surface area contributed by atoms with Crippen LogP contribution in [0, 0.1) is 0 Å². The van der Waals surface area contributed by atoms with Gasteiger partial charge in [-0.2, -0.15) is 0 Å². The lowest BCUT2D eigenvalue weighted by atomic mass is 10.2. The lowest BCUT2D eigenvalue weighted by Gasteiger charge is -1.99. The number of benzene rings is 1. The Labute approximate surface area is 106 Å². The summed E-state index contributed by atoms with van der Waals surface area (Å²) < 4.78 is 0.864. The van der Waals surface area contributed by atoms with E-state index in [0.29, 0.717) is 5.52 Å². The molecular weight excluding hydrogens is 262 g/mol. The second kappa shape index (κ2) is 4.73. The van der Waals surface area contributed by atoms with Crippen LogP contribution in [0.4, 0.5) is 0 Å². The van der Waals surface area contributed by atoms with Gasteiger partial charge in [-0.25, -0.2) is 9.78 Å². The van der Waals surface area contributed by atoms with E-state index >= 15 is 0 Å². The average Bonchev–Trinajstić information content (AvgIpc) is 2.71. The zero-order valence-corrected chi connectivity index (χ0v) is 10.1. The Morgan fingerprint density at radius 3 is 2.65 bits per heavy atom. The summed E-state index contributed by atoms with van der Waals surface area (Å²) in [4.78, 5) is 15.2. The molecule has 0 spiro atoms. The highest BCUT2D eigenvalue weighted by atomic mass is 35.5. The van der Waals surface area contributed by atoms with E-state index in [1.54, 1.807) is 6.07 Å². The van der Waals surface area contributed by atoms with Crippen molar-refractivity contribution < 1.29 is 15.0 Å². The molecule has 6 heteroatoms. The minimum absolute atomic E-state index is 0.235. The Balaban J connectivity index is 2.61. The third kappa shape index (κ3) is 2.25. The Kier molecular flexibility index (Phi) is 3.31. The van der Waals surface area contributed by atoms with Crippen molar-refractivity contribution in [3.63, 3.8) is 0 Å². The zero-order valence-electron chi connectivity index (χ0n) is 8.55. The highest BCUT2D eigenvalue weighted by Crippen LogP contribution is 2.28. The molecule has 17 heavy (non-hydrogen) atoms. The number of fused-ring (bicyclic) bond motifs is 1. The molecule has 0 atom stereocenters. The largest absolute Gasteiger partial charge is 0.510 e. The third-order valence-electron chi connectivity index (χ3n) is 2.14. The van der Waals surface area contributed by atoms with E-state index in [1.165, 1.54) is 11.3 Å². The fourth-order valence-corrected chi connectivity index (χ4v) is 2.54. The fourth-order valence-electron chi connectivity index (χ4n) is 1.38. The molecule has 0 amide bonds. The number of carboxylic acids is 1. The number of thiazole rings is 1. The predicted octanol–water partition coefficient (Wildman–Crippen LogP) is 2.89. The molecule has 0 radical (unpaired) electrons. The van der Waals surface area contributed by atoms with Crippen molar-refractivity contribution >= 4 is 44.7 Å². The average molecular weight is 270 g/mol. The number of allylic oxidation sites excluding steroid dienone is 1. The van der Waals surface area contributed by atoms with E-state index in [0.717, 1.165) is 4.70 Å².